The molecule has 0 radical (unpaired) electrons. The zero-order chi connectivity index (χ0) is 30.7. The molecule has 10 nitrogen and oxygen atoms in total. The van der Waals surface area contributed by atoms with E-state index in [0.717, 1.165) is 57.1 Å². The molecule has 1 aliphatic carbocycles. The maximum Gasteiger partial charge on any atom is 0.405 e. The van der Waals surface area contributed by atoms with Crippen molar-refractivity contribution in [2.45, 2.75) is 114 Å². The lowest BCUT2D eigenvalue weighted by Gasteiger charge is -2.49. The molecule has 43 heavy (non-hydrogen) atoms. The van der Waals surface area contributed by atoms with Crippen LogP contribution in [0.2, 0.25) is 0 Å². The Bertz CT molecular complexity index is 1100. The number of halogens is 1. The minimum atomic E-state index is -2.77. The Morgan fingerprint density at radius 2 is 1.81 bits per heavy atom. The highest BCUT2D eigenvalue weighted by atomic mass is 32.3. The van der Waals surface area contributed by atoms with Crippen LogP contribution in [0.3, 0.4) is 0 Å². The quantitative estimate of drug-likeness (QED) is 0.227. The second-order valence-corrected chi connectivity index (χ2v) is 15.4. The molecule has 3 heterocycles. The van der Waals surface area contributed by atoms with E-state index in [-0.39, 0.29) is 53.9 Å². The number of carbonyl (C=O) groups excluding carboxylic acids is 1. The first-order chi connectivity index (χ1) is 20.5. The summed E-state index contributed by atoms with van der Waals surface area (Å²) in [7, 11) is -2.77. The fourth-order valence-corrected chi connectivity index (χ4v) is 10.0. The summed E-state index contributed by atoms with van der Waals surface area (Å²) < 4.78 is 43.4. The van der Waals surface area contributed by atoms with Gasteiger partial charge >= 0.3 is 6.09 Å². The lowest BCUT2D eigenvalue weighted by atomic mass is 9.74. The van der Waals surface area contributed by atoms with Gasteiger partial charge in [-0.1, -0.05) is 18.6 Å². The average molecular weight is 625 g/mol. The number of carbonyl (C=O) groups is 2. The molecule has 2 amide bonds. The second-order valence-electron chi connectivity index (χ2n) is 13.2. The van der Waals surface area contributed by atoms with E-state index < -0.39 is 28.8 Å². The molecule has 12 heteroatoms. The van der Waals surface area contributed by atoms with Gasteiger partial charge in [-0.2, -0.15) is 0 Å². The van der Waals surface area contributed by atoms with Crippen LogP contribution >= 0.6 is 10.8 Å². The van der Waals surface area contributed by atoms with Crippen LogP contribution in [0, 0.1) is 17.7 Å². The van der Waals surface area contributed by atoms with E-state index in [1.165, 1.54) is 12.1 Å². The van der Waals surface area contributed by atoms with Crippen molar-refractivity contribution < 1.29 is 32.9 Å². The van der Waals surface area contributed by atoms with Gasteiger partial charge < -0.3 is 25.8 Å². The Labute approximate surface area is 256 Å². The number of benzene rings is 1. The van der Waals surface area contributed by atoms with Crippen molar-refractivity contribution in [1.82, 2.24) is 20.3 Å². The first kappa shape index (κ1) is 32.4. The largest absolute Gasteiger partial charge is 0.465 e. The highest BCUT2D eigenvalue weighted by molar-refractivity contribution is 8.22. The zero-order valence-electron chi connectivity index (χ0n) is 25.3. The molecule has 242 valence electrons. The number of carboxylic acid groups (broad SMARTS) is 1. The van der Waals surface area contributed by atoms with Crippen LogP contribution in [0.25, 0.3) is 0 Å². The highest BCUT2D eigenvalue weighted by Gasteiger charge is 2.42. The van der Waals surface area contributed by atoms with E-state index in [0.29, 0.717) is 25.1 Å². The summed E-state index contributed by atoms with van der Waals surface area (Å²) in [6, 6.07) is 5.21. The highest BCUT2D eigenvalue weighted by Crippen LogP contribution is 2.49. The van der Waals surface area contributed by atoms with Crippen LogP contribution in [0.1, 0.15) is 83.1 Å². The summed E-state index contributed by atoms with van der Waals surface area (Å²) in [4.78, 5) is 26.0. The van der Waals surface area contributed by atoms with E-state index in [2.05, 4.69) is 16.0 Å². The number of fused-ring (bicyclic) bond motifs is 2. The van der Waals surface area contributed by atoms with Gasteiger partial charge in [-0.05, 0) is 94.7 Å². The van der Waals surface area contributed by atoms with Crippen molar-refractivity contribution in [3.05, 3.63) is 35.6 Å². The van der Waals surface area contributed by atoms with Crippen molar-refractivity contribution in [3.8, 4) is 0 Å². The maximum absolute atomic E-state index is 14.0. The first-order valence-electron chi connectivity index (χ1n) is 16.0. The van der Waals surface area contributed by atoms with Gasteiger partial charge in [-0.3, -0.25) is 13.9 Å². The molecule has 2 unspecified atom stereocenters. The lowest BCUT2D eigenvalue weighted by molar-refractivity contribution is -0.126. The molecular formula is C31H49FN4O6S. The molecule has 4 fully saturated rings. The molecule has 10 atom stereocenters. The first-order valence-corrected chi connectivity index (χ1v) is 17.6. The van der Waals surface area contributed by atoms with E-state index in [9.17, 15) is 28.2 Å². The van der Waals surface area contributed by atoms with Gasteiger partial charge in [0, 0.05) is 37.1 Å². The molecule has 3 aliphatic heterocycles. The van der Waals surface area contributed by atoms with Crippen LogP contribution in [-0.2, 0) is 9.53 Å². The summed E-state index contributed by atoms with van der Waals surface area (Å²) in [5.41, 5.74) is 0.726. The number of nitrogens with zero attached hydrogens (tertiary/aromatic N) is 1. The standard InChI is InChI=1S/C31H49FN4O6S/c1-19-15-23(16-20(2)42-19)28(22-8-11-24(32)12-9-22)29(35-31(38)39)30(37)34-27-7-3-5-21(27)10-13-26-17-33-25-6-4-14-43(40,41)36(26)18-25/h8-9,11-12,19-21,23,25-29,33,35,40-41H,3-7,10,13-18H2,1-2H3,(H,34,37)(H,38,39)/t19-,20+,21-,23?,25-,26+,27+,28+,29+/m1/s1. The van der Waals surface area contributed by atoms with Gasteiger partial charge in [-0.15, -0.1) is 10.8 Å². The third-order valence-electron chi connectivity index (χ3n) is 10.1. The van der Waals surface area contributed by atoms with Gasteiger partial charge in [0.2, 0.25) is 5.91 Å². The average Bonchev–Trinajstić information content (AvgIpc) is 3.34. The number of piperazine rings is 1. The van der Waals surface area contributed by atoms with Gasteiger partial charge in [0.05, 0.1) is 18.0 Å². The van der Waals surface area contributed by atoms with Crippen LogP contribution < -0.4 is 16.0 Å². The number of hydrogen-bond acceptors (Lipinski definition) is 7. The van der Waals surface area contributed by atoms with Crippen LogP contribution in [0.4, 0.5) is 9.18 Å². The van der Waals surface area contributed by atoms with Crippen molar-refractivity contribution >= 4 is 22.8 Å². The molecule has 0 aromatic heterocycles. The predicted octanol–water partition coefficient (Wildman–Crippen LogP) is 4.92. The van der Waals surface area contributed by atoms with Gasteiger partial charge in [-0.25, -0.2) is 13.5 Å². The Morgan fingerprint density at radius 3 is 2.51 bits per heavy atom. The fourth-order valence-electron chi connectivity index (χ4n) is 8.15. The normalized spacial score (nSPS) is 36.1. The molecule has 3 saturated heterocycles. The Balaban J connectivity index is 1.30. The SMILES string of the molecule is C[C@@H]1CC([C@H](c2ccc(F)cc2)[C@H](NC(=O)O)C(=O)N[C@H]2CCC[C@@H]2CC[C@H]2CN[C@@H]3CCCS(O)(O)N2C3)C[C@H](C)O1. The third kappa shape index (κ3) is 8.01. The summed E-state index contributed by atoms with van der Waals surface area (Å²) in [6.07, 6.45) is 6.07. The van der Waals surface area contributed by atoms with Crippen LogP contribution in [0.5, 0.6) is 0 Å². The van der Waals surface area contributed by atoms with Crippen molar-refractivity contribution in [3.63, 3.8) is 0 Å². The number of rotatable bonds is 9. The van der Waals surface area contributed by atoms with Crippen LogP contribution in [0.15, 0.2) is 24.3 Å². The number of ether oxygens (including phenoxy) is 1. The predicted molar refractivity (Wildman–Crippen MR) is 165 cm³/mol. The molecule has 1 aromatic carbocycles. The summed E-state index contributed by atoms with van der Waals surface area (Å²) in [5, 5.41) is 19.2. The minimum absolute atomic E-state index is 0.0260. The number of hydrogen-bond donors (Lipinski definition) is 6. The summed E-state index contributed by atoms with van der Waals surface area (Å²) >= 11 is 0. The molecule has 5 rings (SSSR count). The van der Waals surface area contributed by atoms with Crippen molar-refractivity contribution in [2.75, 3.05) is 18.8 Å². The second kappa shape index (κ2) is 14.0. The number of nitrogens with one attached hydrogen (secondary N) is 3. The molecule has 4 aliphatic rings. The molecular weight excluding hydrogens is 575 g/mol. The Morgan fingerprint density at radius 1 is 1.09 bits per heavy atom. The zero-order valence-corrected chi connectivity index (χ0v) is 26.1. The molecule has 6 N–H and O–H groups in total. The topological polar surface area (TPSA) is 143 Å². The maximum atomic E-state index is 14.0. The fraction of sp³-hybridized carbons (Fsp3) is 0.742. The molecule has 1 aromatic rings. The minimum Gasteiger partial charge on any atom is -0.465 e. The molecule has 1 saturated carbocycles. The lowest BCUT2D eigenvalue weighted by Crippen LogP contribution is -2.56. The van der Waals surface area contributed by atoms with E-state index in [4.69, 9.17) is 4.74 Å². The van der Waals surface area contributed by atoms with E-state index in [1.807, 2.05) is 18.2 Å². The Kier molecular flexibility index (Phi) is 10.6. The summed E-state index contributed by atoms with van der Waals surface area (Å²) in [6.45, 7) is 5.34. The van der Waals surface area contributed by atoms with E-state index >= 15 is 0 Å². The number of amides is 2. The molecule has 2 bridgehead atoms. The smallest absolute Gasteiger partial charge is 0.405 e. The summed E-state index contributed by atoms with van der Waals surface area (Å²) in [5.74, 6) is -0.635. The molecule has 0 spiro atoms. The monoisotopic (exact) mass is 624 g/mol. The van der Waals surface area contributed by atoms with Gasteiger partial charge in [0.15, 0.2) is 0 Å². The van der Waals surface area contributed by atoms with Gasteiger partial charge in [0.25, 0.3) is 0 Å². The van der Waals surface area contributed by atoms with Gasteiger partial charge in [0.1, 0.15) is 11.9 Å². The van der Waals surface area contributed by atoms with E-state index in [1.54, 1.807) is 12.1 Å². The Hall–Kier alpha value is -1.96. The van der Waals surface area contributed by atoms with Crippen LogP contribution in [-0.4, -0.2) is 85.7 Å². The van der Waals surface area contributed by atoms with Crippen molar-refractivity contribution in [2.24, 2.45) is 11.8 Å². The third-order valence-corrected chi connectivity index (χ3v) is 12.1. The van der Waals surface area contributed by atoms with Crippen molar-refractivity contribution in [1.29, 1.82) is 0 Å².